The molecule has 6 heteroatoms. The molecule has 2 bridgehead atoms. The zero-order chi connectivity index (χ0) is 17.5. The quantitative estimate of drug-likeness (QED) is 0.735. The first-order valence-corrected chi connectivity index (χ1v) is 9.17. The van der Waals surface area contributed by atoms with Crippen molar-refractivity contribution in [2.45, 2.75) is 57.5 Å². The SMILES string of the molecule is CCCC1(C(=O)c2ccc(Cl)c(Cl)c2)CCC2CCC1N2C(=O)O. The molecule has 3 rings (SSSR count). The maximum Gasteiger partial charge on any atom is 0.407 e. The Morgan fingerprint density at radius 1 is 1.25 bits per heavy atom. The summed E-state index contributed by atoms with van der Waals surface area (Å²) in [4.78, 5) is 26.7. The Balaban J connectivity index is 2.03. The van der Waals surface area contributed by atoms with Crippen LogP contribution in [0.5, 0.6) is 0 Å². The van der Waals surface area contributed by atoms with Crippen molar-refractivity contribution in [3.8, 4) is 0 Å². The van der Waals surface area contributed by atoms with Gasteiger partial charge in [0.2, 0.25) is 0 Å². The first kappa shape index (κ1) is 17.6. The Kier molecular flexibility index (Phi) is 4.80. The number of fused-ring (bicyclic) bond motifs is 2. The van der Waals surface area contributed by atoms with Gasteiger partial charge in [0.25, 0.3) is 0 Å². The van der Waals surface area contributed by atoms with Gasteiger partial charge in [-0.25, -0.2) is 4.79 Å². The summed E-state index contributed by atoms with van der Waals surface area (Å²) in [6, 6.07) is 4.75. The second-order valence-electron chi connectivity index (χ2n) is 6.84. The minimum Gasteiger partial charge on any atom is -0.465 e. The van der Waals surface area contributed by atoms with Crippen molar-refractivity contribution in [2.75, 3.05) is 0 Å². The van der Waals surface area contributed by atoms with Crippen LogP contribution in [0.25, 0.3) is 0 Å². The standard InChI is InChI=1S/C18H21Cl2NO3/c1-2-8-18(16(22)11-3-5-13(19)14(20)10-11)9-7-12-4-6-15(18)21(12)17(23)24/h3,5,10,12,15H,2,4,6-9H2,1H3,(H,23,24). The predicted octanol–water partition coefficient (Wildman–Crippen LogP) is 5.27. The maximum atomic E-state index is 13.4. The summed E-state index contributed by atoms with van der Waals surface area (Å²) in [7, 11) is 0. The van der Waals surface area contributed by atoms with Gasteiger partial charge in [0.15, 0.2) is 5.78 Å². The van der Waals surface area contributed by atoms with Gasteiger partial charge in [-0.1, -0.05) is 36.5 Å². The van der Waals surface area contributed by atoms with Crippen molar-refractivity contribution in [2.24, 2.45) is 5.41 Å². The summed E-state index contributed by atoms with van der Waals surface area (Å²) in [6.07, 6.45) is 3.69. The van der Waals surface area contributed by atoms with Crippen LogP contribution >= 0.6 is 23.2 Å². The normalized spacial score (nSPS) is 28.9. The Morgan fingerprint density at radius 2 is 2.00 bits per heavy atom. The van der Waals surface area contributed by atoms with E-state index >= 15 is 0 Å². The third kappa shape index (κ3) is 2.70. The first-order chi connectivity index (χ1) is 11.4. The van der Waals surface area contributed by atoms with Crippen LogP contribution in [0.4, 0.5) is 4.79 Å². The van der Waals surface area contributed by atoms with E-state index in [1.807, 2.05) is 6.92 Å². The Hall–Kier alpha value is -1.26. The molecular formula is C18H21Cl2NO3. The van der Waals surface area contributed by atoms with Crippen LogP contribution in [0, 0.1) is 5.41 Å². The second-order valence-corrected chi connectivity index (χ2v) is 7.65. The van der Waals surface area contributed by atoms with Crippen molar-refractivity contribution in [3.63, 3.8) is 0 Å². The van der Waals surface area contributed by atoms with E-state index in [1.165, 1.54) is 4.90 Å². The fourth-order valence-electron chi connectivity index (χ4n) is 4.63. The molecule has 2 fully saturated rings. The van der Waals surface area contributed by atoms with Gasteiger partial charge in [0.1, 0.15) is 0 Å². The van der Waals surface area contributed by atoms with Gasteiger partial charge in [-0.15, -0.1) is 0 Å². The molecule has 3 atom stereocenters. The van der Waals surface area contributed by atoms with E-state index in [9.17, 15) is 14.7 Å². The van der Waals surface area contributed by atoms with Crippen LogP contribution in [-0.4, -0.2) is 34.0 Å². The molecule has 1 aromatic rings. The summed E-state index contributed by atoms with van der Waals surface area (Å²) < 4.78 is 0. The topological polar surface area (TPSA) is 57.6 Å². The Bertz CT molecular complexity index is 678. The molecule has 0 radical (unpaired) electrons. The first-order valence-electron chi connectivity index (χ1n) is 8.42. The molecule has 3 unspecified atom stereocenters. The van der Waals surface area contributed by atoms with Crippen LogP contribution < -0.4 is 0 Å². The molecule has 4 nitrogen and oxygen atoms in total. The van der Waals surface area contributed by atoms with Gasteiger partial charge in [-0.05, 0) is 50.3 Å². The summed E-state index contributed by atoms with van der Waals surface area (Å²) in [6.45, 7) is 2.04. The highest BCUT2D eigenvalue weighted by Crippen LogP contribution is 2.51. The van der Waals surface area contributed by atoms with Gasteiger partial charge < -0.3 is 10.0 Å². The molecular weight excluding hydrogens is 349 g/mol. The van der Waals surface area contributed by atoms with Crippen molar-refractivity contribution in [1.29, 1.82) is 0 Å². The highest BCUT2D eigenvalue weighted by molar-refractivity contribution is 6.42. The lowest BCUT2D eigenvalue weighted by Gasteiger charge is -2.47. The van der Waals surface area contributed by atoms with E-state index in [2.05, 4.69) is 0 Å². The third-order valence-corrected chi connectivity index (χ3v) is 6.35. The molecule has 130 valence electrons. The van der Waals surface area contributed by atoms with E-state index in [0.29, 0.717) is 22.0 Å². The Morgan fingerprint density at radius 3 is 2.62 bits per heavy atom. The minimum atomic E-state index is -0.912. The molecule has 2 saturated heterocycles. The maximum absolute atomic E-state index is 13.4. The Labute approximate surface area is 151 Å². The zero-order valence-corrected chi connectivity index (χ0v) is 15.1. The fraction of sp³-hybridized carbons (Fsp3) is 0.556. The van der Waals surface area contributed by atoms with Crippen molar-refractivity contribution in [3.05, 3.63) is 33.8 Å². The second kappa shape index (κ2) is 6.57. The van der Waals surface area contributed by atoms with Gasteiger partial charge in [0, 0.05) is 17.6 Å². The fourth-order valence-corrected chi connectivity index (χ4v) is 4.93. The number of piperidine rings is 1. The molecule has 1 N–H and O–H groups in total. The number of amides is 1. The number of nitrogens with zero attached hydrogens (tertiary/aromatic N) is 1. The van der Waals surface area contributed by atoms with Crippen LogP contribution in [0.15, 0.2) is 18.2 Å². The number of rotatable bonds is 4. The van der Waals surface area contributed by atoms with Gasteiger partial charge in [0.05, 0.1) is 15.5 Å². The third-order valence-electron chi connectivity index (χ3n) is 5.62. The summed E-state index contributed by atoms with van der Waals surface area (Å²) >= 11 is 12.1. The smallest absolute Gasteiger partial charge is 0.407 e. The number of carbonyl (C=O) groups excluding carboxylic acids is 1. The molecule has 2 aliphatic heterocycles. The highest BCUT2D eigenvalue weighted by Gasteiger charge is 2.56. The van der Waals surface area contributed by atoms with E-state index < -0.39 is 11.5 Å². The van der Waals surface area contributed by atoms with Crippen molar-refractivity contribution >= 4 is 35.1 Å². The number of carboxylic acid groups (broad SMARTS) is 1. The number of hydrogen-bond acceptors (Lipinski definition) is 2. The molecule has 2 heterocycles. The average Bonchev–Trinajstić information content (AvgIpc) is 2.90. The van der Waals surface area contributed by atoms with E-state index in [1.54, 1.807) is 18.2 Å². The molecule has 1 aromatic carbocycles. The van der Waals surface area contributed by atoms with Crippen LogP contribution in [0.2, 0.25) is 10.0 Å². The number of hydrogen-bond donors (Lipinski definition) is 1. The molecule has 0 aliphatic carbocycles. The molecule has 0 saturated carbocycles. The van der Waals surface area contributed by atoms with Crippen molar-refractivity contribution in [1.82, 2.24) is 4.90 Å². The molecule has 1 amide bonds. The predicted molar refractivity (Wildman–Crippen MR) is 94.0 cm³/mol. The molecule has 0 spiro atoms. The van der Waals surface area contributed by atoms with Crippen LogP contribution in [-0.2, 0) is 0 Å². The van der Waals surface area contributed by atoms with Crippen molar-refractivity contribution < 1.29 is 14.7 Å². The summed E-state index contributed by atoms with van der Waals surface area (Å²) in [5.74, 6) is -0.000448. The average molecular weight is 370 g/mol. The lowest BCUT2D eigenvalue weighted by molar-refractivity contribution is 0.0189. The summed E-state index contributed by atoms with van der Waals surface area (Å²) in [5, 5.41) is 10.4. The molecule has 2 aliphatic rings. The number of benzene rings is 1. The van der Waals surface area contributed by atoms with E-state index in [4.69, 9.17) is 23.2 Å². The van der Waals surface area contributed by atoms with Crippen LogP contribution in [0.1, 0.15) is 55.8 Å². The van der Waals surface area contributed by atoms with E-state index in [-0.39, 0.29) is 17.9 Å². The minimum absolute atomic E-state index is 0.000448. The number of carbonyl (C=O) groups is 2. The number of Topliss-reactive ketones (excluding diaryl/α,β-unsaturated/α-hetero) is 1. The molecule has 24 heavy (non-hydrogen) atoms. The van der Waals surface area contributed by atoms with Gasteiger partial charge in [-0.3, -0.25) is 4.79 Å². The highest BCUT2D eigenvalue weighted by atomic mass is 35.5. The largest absolute Gasteiger partial charge is 0.465 e. The number of ketones is 1. The van der Waals surface area contributed by atoms with Gasteiger partial charge >= 0.3 is 6.09 Å². The lowest BCUT2D eigenvalue weighted by Crippen LogP contribution is -2.56. The lowest BCUT2D eigenvalue weighted by atomic mass is 9.66. The van der Waals surface area contributed by atoms with Gasteiger partial charge in [-0.2, -0.15) is 0 Å². The van der Waals surface area contributed by atoms with E-state index in [0.717, 1.165) is 32.1 Å². The van der Waals surface area contributed by atoms with Crippen LogP contribution in [0.3, 0.4) is 0 Å². The monoisotopic (exact) mass is 369 g/mol. The summed E-state index contributed by atoms with van der Waals surface area (Å²) in [5.41, 5.74) is -0.134. The molecule has 0 aromatic heterocycles. The number of halogens is 2. The zero-order valence-electron chi connectivity index (χ0n) is 13.6.